The van der Waals surface area contributed by atoms with Gasteiger partial charge in [-0.05, 0) is 19.4 Å². The third-order valence-corrected chi connectivity index (χ3v) is 7.27. The topological polar surface area (TPSA) is 101 Å². The van der Waals surface area contributed by atoms with E-state index in [0.717, 1.165) is 0 Å². The molecule has 1 aromatic rings. The Labute approximate surface area is 153 Å². The zero-order valence-electron chi connectivity index (χ0n) is 15.1. The van der Waals surface area contributed by atoms with Crippen LogP contribution in [0.15, 0.2) is 30.3 Å². The van der Waals surface area contributed by atoms with E-state index in [0.29, 0.717) is 31.9 Å². The smallest absolute Gasteiger partial charge is 0.303 e. The monoisotopic (exact) mass is 383 g/mol. The van der Waals surface area contributed by atoms with Gasteiger partial charge in [0, 0.05) is 19.0 Å². The van der Waals surface area contributed by atoms with Gasteiger partial charge >= 0.3 is 5.97 Å². The maximum atomic E-state index is 13.0. The third kappa shape index (κ3) is 4.62. The van der Waals surface area contributed by atoms with Gasteiger partial charge in [0.25, 0.3) is 0 Å². The Morgan fingerprint density at radius 3 is 2.31 bits per heavy atom. The van der Waals surface area contributed by atoms with Crippen LogP contribution < -0.4 is 0 Å². The number of morpholine rings is 1. The number of hydrogen-bond donors (Lipinski definition) is 1. The zero-order valence-corrected chi connectivity index (χ0v) is 15.9. The van der Waals surface area contributed by atoms with Gasteiger partial charge in [0.05, 0.1) is 25.4 Å². The molecule has 7 nitrogen and oxygen atoms in total. The lowest BCUT2D eigenvalue weighted by Gasteiger charge is -2.34. The van der Waals surface area contributed by atoms with E-state index in [1.54, 1.807) is 30.3 Å². The molecule has 0 spiro atoms. The van der Waals surface area contributed by atoms with E-state index in [2.05, 4.69) is 0 Å². The molecule has 1 unspecified atom stereocenters. The second-order valence-corrected chi connectivity index (χ2v) is 9.49. The lowest BCUT2D eigenvalue weighted by Crippen LogP contribution is -2.54. The van der Waals surface area contributed by atoms with Gasteiger partial charge in [-0.15, -0.1) is 0 Å². The zero-order chi connectivity index (χ0) is 19.4. The van der Waals surface area contributed by atoms with Crippen LogP contribution in [0.2, 0.25) is 0 Å². The van der Waals surface area contributed by atoms with Gasteiger partial charge in [-0.3, -0.25) is 9.59 Å². The van der Waals surface area contributed by atoms with Gasteiger partial charge in [0.1, 0.15) is 4.75 Å². The van der Waals surface area contributed by atoms with Crippen LogP contribution in [0.5, 0.6) is 0 Å². The fraction of sp³-hybridized carbons (Fsp3) is 0.556. The predicted molar refractivity (Wildman–Crippen MR) is 96.7 cm³/mol. The number of amides is 1. The molecular weight excluding hydrogens is 358 g/mol. The molecule has 0 bridgehead atoms. The van der Waals surface area contributed by atoms with Crippen molar-refractivity contribution in [1.29, 1.82) is 0 Å². The summed E-state index contributed by atoms with van der Waals surface area (Å²) in [5.74, 6) is -2.66. The average Bonchev–Trinajstić information content (AvgIpc) is 2.61. The van der Waals surface area contributed by atoms with E-state index >= 15 is 0 Å². The van der Waals surface area contributed by atoms with Crippen LogP contribution in [0, 0.1) is 0 Å². The van der Waals surface area contributed by atoms with Crippen LogP contribution in [0.4, 0.5) is 0 Å². The number of carbonyl (C=O) groups excluding carboxylic acids is 1. The van der Waals surface area contributed by atoms with Crippen molar-refractivity contribution in [3.8, 4) is 0 Å². The van der Waals surface area contributed by atoms with Crippen molar-refractivity contribution in [2.75, 3.05) is 32.1 Å². The minimum absolute atomic E-state index is 0.314. The van der Waals surface area contributed by atoms with E-state index < -0.39 is 38.1 Å². The number of rotatable bonds is 7. The SMILES string of the molecule is CC(C)(C(=O)N1CCOCC1)S(=O)(=O)CC(CC(=O)O)c1ccccc1. The first-order chi connectivity index (χ1) is 12.1. The molecule has 2 rings (SSSR count). The third-order valence-electron chi connectivity index (χ3n) is 4.70. The van der Waals surface area contributed by atoms with Crippen molar-refractivity contribution >= 4 is 21.7 Å². The summed E-state index contributed by atoms with van der Waals surface area (Å²) in [5.41, 5.74) is 0.632. The number of aliphatic carboxylic acids is 1. The van der Waals surface area contributed by atoms with Crippen molar-refractivity contribution in [3.63, 3.8) is 0 Å². The van der Waals surface area contributed by atoms with E-state index in [1.807, 2.05) is 0 Å². The number of carboxylic acids is 1. The summed E-state index contributed by atoms with van der Waals surface area (Å²) < 4.78 is 29.6. The Kier molecular flexibility index (Phi) is 6.41. The number of nitrogens with zero attached hydrogens (tertiary/aromatic N) is 1. The van der Waals surface area contributed by atoms with Crippen molar-refractivity contribution in [1.82, 2.24) is 4.90 Å². The highest BCUT2D eigenvalue weighted by atomic mass is 32.2. The Bertz CT molecular complexity index is 738. The summed E-state index contributed by atoms with van der Waals surface area (Å²) in [6, 6.07) is 8.67. The summed E-state index contributed by atoms with van der Waals surface area (Å²) in [7, 11) is -3.90. The van der Waals surface area contributed by atoms with Gasteiger partial charge in [-0.25, -0.2) is 8.42 Å². The molecule has 1 aliphatic heterocycles. The molecule has 0 aliphatic carbocycles. The molecule has 0 saturated carbocycles. The van der Waals surface area contributed by atoms with Crippen molar-refractivity contribution in [2.45, 2.75) is 30.9 Å². The van der Waals surface area contributed by atoms with Gasteiger partial charge < -0.3 is 14.7 Å². The highest BCUT2D eigenvalue weighted by molar-refractivity contribution is 7.93. The normalized spacial score (nSPS) is 16.9. The number of hydrogen-bond acceptors (Lipinski definition) is 5. The first-order valence-corrected chi connectivity index (χ1v) is 10.2. The van der Waals surface area contributed by atoms with Gasteiger partial charge in [-0.1, -0.05) is 30.3 Å². The summed E-state index contributed by atoms with van der Waals surface area (Å²) in [6.45, 7) is 4.26. The quantitative estimate of drug-likeness (QED) is 0.762. The van der Waals surface area contributed by atoms with E-state index in [9.17, 15) is 23.1 Å². The molecule has 144 valence electrons. The first-order valence-electron chi connectivity index (χ1n) is 8.51. The molecule has 1 saturated heterocycles. The molecule has 1 fully saturated rings. The number of sulfone groups is 1. The van der Waals surface area contributed by atoms with Gasteiger partial charge in [-0.2, -0.15) is 0 Å². The highest BCUT2D eigenvalue weighted by Crippen LogP contribution is 2.29. The second-order valence-electron chi connectivity index (χ2n) is 6.90. The Morgan fingerprint density at radius 1 is 1.19 bits per heavy atom. The molecular formula is C18H25NO6S. The molecule has 0 aromatic heterocycles. The van der Waals surface area contributed by atoms with Gasteiger partial charge in [0.15, 0.2) is 9.84 Å². The Hall–Kier alpha value is -1.93. The molecule has 1 aliphatic rings. The summed E-state index contributed by atoms with van der Waals surface area (Å²) in [4.78, 5) is 25.5. The summed E-state index contributed by atoms with van der Waals surface area (Å²) >= 11 is 0. The number of benzene rings is 1. The minimum Gasteiger partial charge on any atom is -0.481 e. The van der Waals surface area contributed by atoms with Gasteiger partial charge in [0.2, 0.25) is 5.91 Å². The van der Waals surface area contributed by atoms with Crippen LogP contribution in [-0.2, 0) is 24.2 Å². The lowest BCUT2D eigenvalue weighted by atomic mass is 9.98. The molecule has 0 radical (unpaired) electrons. The fourth-order valence-electron chi connectivity index (χ4n) is 2.96. The van der Waals surface area contributed by atoms with E-state index in [-0.39, 0.29) is 6.42 Å². The Balaban J connectivity index is 2.25. The first kappa shape index (κ1) is 20.4. The Morgan fingerprint density at radius 2 is 1.77 bits per heavy atom. The molecule has 1 atom stereocenters. The van der Waals surface area contributed by atoms with Crippen LogP contribution in [0.25, 0.3) is 0 Å². The molecule has 8 heteroatoms. The van der Waals surface area contributed by atoms with Crippen LogP contribution >= 0.6 is 0 Å². The largest absolute Gasteiger partial charge is 0.481 e. The van der Waals surface area contributed by atoms with Crippen LogP contribution in [0.3, 0.4) is 0 Å². The summed E-state index contributed by atoms with van der Waals surface area (Å²) in [6.07, 6.45) is -0.314. The van der Waals surface area contributed by atoms with Crippen molar-refractivity contribution in [2.24, 2.45) is 0 Å². The maximum Gasteiger partial charge on any atom is 0.303 e. The summed E-state index contributed by atoms with van der Waals surface area (Å²) in [5, 5.41) is 9.17. The van der Waals surface area contributed by atoms with E-state index in [1.165, 1.54) is 18.7 Å². The molecule has 1 N–H and O–H groups in total. The minimum atomic E-state index is -3.90. The number of carboxylic acid groups (broad SMARTS) is 1. The number of ether oxygens (including phenoxy) is 1. The van der Waals surface area contributed by atoms with E-state index in [4.69, 9.17) is 4.74 Å². The lowest BCUT2D eigenvalue weighted by molar-refractivity contribution is -0.137. The van der Waals surface area contributed by atoms with Crippen molar-refractivity contribution in [3.05, 3.63) is 35.9 Å². The second kappa shape index (κ2) is 8.18. The maximum absolute atomic E-state index is 13.0. The molecule has 1 heterocycles. The standard InChI is InChI=1S/C18H25NO6S/c1-18(2,17(22)19-8-10-25-11-9-19)26(23,24)13-15(12-16(20)21)14-6-4-3-5-7-14/h3-7,15H,8-13H2,1-2H3,(H,20,21). The molecule has 1 aromatic carbocycles. The van der Waals surface area contributed by atoms with Crippen LogP contribution in [-0.4, -0.2) is 67.1 Å². The average molecular weight is 383 g/mol. The highest BCUT2D eigenvalue weighted by Gasteiger charge is 2.45. The van der Waals surface area contributed by atoms with Crippen molar-refractivity contribution < 1.29 is 27.9 Å². The molecule has 26 heavy (non-hydrogen) atoms. The predicted octanol–water partition coefficient (Wildman–Crippen LogP) is 1.30. The number of carbonyl (C=O) groups is 2. The van der Waals surface area contributed by atoms with Crippen LogP contribution in [0.1, 0.15) is 31.7 Å². The molecule has 1 amide bonds. The fourth-order valence-corrected chi connectivity index (χ4v) is 4.61.